The SMILES string of the molecule is C[S+](CC(=O)C1CCCC1)C(C)(C)C.O=S(=O)([O-])C(F)(F)C(F)(F)C(F)(F)C(F)(F)C(F)(F)C(F)(F)C(F)(F)C(F)(F)F. The molecule has 0 amide bonds. The van der Waals surface area contributed by atoms with Gasteiger partial charge in [-0.15, -0.1) is 0 Å². The van der Waals surface area contributed by atoms with Gasteiger partial charge < -0.3 is 4.55 Å². The Hall–Kier alpha value is -1.26. The molecule has 0 spiro atoms. The summed E-state index contributed by atoms with van der Waals surface area (Å²) in [5.41, 5.74) is 0. The first-order valence-corrected chi connectivity index (χ1v) is 14.4. The Balaban J connectivity index is 0.00000104. The van der Waals surface area contributed by atoms with Gasteiger partial charge in [-0.3, -0.25) is 4.79 Å². The Bertz CT molecular complexity index is 1090. The lowest BCUT2D eigenvalue weighted by molar-refractivity contribution is -0.458. The highest BCUT2D eigenvalue weighted by atomic mass is 32.2. The van der Waals surface area contributed by atoms with Gasteiger partial charge >= 0.3 is 47.0 Å². The van der Waals surface area contributed by atoms with E-state index in [9.17, 15) is 92.4 Å². The molecule has 0 aromatic heterocycles. The molecule has 0 aromatic carbocycles. The van der Waals surface area contributed by atoms with Crippen molar-refractivity contribution in [2.45, 2.75) is 98.2 Å². The van der Waals surface area contributed by atoms with Gasteiger partial charge in [0.1, 0.15) is 4.75 Å². The lowest BCUT2D eigenvalue weighted by Crippen LogP contribution is -2.75. The molecule has 258 valence electrons. The summed E-state index contributed by atoms with van der Waals surface area (Å²) in [5, 5.41) is -7.95. The van der Waals surface area contributed by atoms with Gasteiger partial charge in [-0.05, 0) is 44.5 Å². The zero-order valence-corrected chi connectivity index (χ0v) is 23.6. The van der Waals surface area contributed by atoms with Crippen molar-refractivity contribution in [3.05, 3.63) is 0 Å². The van der Waals surface area contributed by atoms with Crippen LogP contribution in [-0.4, -0.2) is 82.5 Å². The number of Topliss-reactive ketones (excluding diaryl/α,β-unsaturated/α-hetero) is 1. The fourth-order valence-corrected chi connectivity index (χ4v) is 4.64. The molecule has 0 radical (unpaired) electrons. The topological polar surface area (TPSA) is 74.3 Å². The van der Waals surface area contributed by atoms with Crippen LogP contribution in [-0.2, 0) is 25.8 Å². The third-order valence-electron chi connectivity index (χ3n) is 6.22. The van der Waals surface area contributed by atoms with Crippen LogP contribution >= 0.6 is 0 Å². The summed E-state index contributed by atoms with van der Waals surface area (Å²) in [7, 11) is -7.91. The number of halogens is 17. The lowest BCUT2D eigenvalue weighted by atomic mass is 9.91. The molecule has 0 aromatic rings. The molecule has 1 aliphatic carbocycles. The second-order valence-corrected chi connectivity index (χ2v) is 14.5. The van der Waals surface area contributed by atoms with Gasteiger partial charge in [-0.1, -0.05) is 12.8 Å². The zero-order chi connectivity index (χ0) is 35.3. The van der Waals surface area contributed by atoms with Gasteiger partial charge in [0.25, 0.3) is 0 Å². The van der Waals surface area contributed by atoms with Crippen LogP contribution in [0.15, 0.2) is 0 Å². The molecule has 0 bridgehead atoms. The van der Waals surface area contributed by atoms with Crippen molar-refractivity contribution in [1.29, 1.82) is 0 Å². The Labute approximate surface area is 235 Å². The van der Waals surface area contributed by atoms with Crippen LogP contribution in [0, 0.1) is 5.92 Å². The molecule has 0 heterocycles. The van der Waals surface area contributed by atoms with Crippen LogP contribution in [0.1, 0.15) is 46.5 Å². The van der Waals surface area contributed by atoms with E-state index in [1.165, 1.54) is 12.8 Å². The summed E-state index contributed by atoms with van der Waals surface area (Å²) >= 11 is 0. The van der Waals surface area contributed by atoms with Crippen LogP contribution in [0.4, 0.5) is 74.6 Å². The van der Waals surface area contributed by atoms with E-state index in [0.717, 1.165) is 18.6 Å². The van der Waals surface area contributed by atoms with E-state index in [0.29, 0.717) is 16.4 Å². The van der Waals surface area contributed by atoms with Gasteiger partial charge in [-0.25, -0.2) is 8.42 Å². The van der Waals surface area contributed by atoms with Gasteiger partial charge in [0.2, 0.25) is 0 Å². The number of ketones is 1. The van der Waals surface area contributed by atoms with E-state index in [1.54, 1.807) is 0 Å². The maximum absolute atomic E-state index is 13.0. The number of hydrogen-bond donors (Lipinski definition) is 0. The minimum Gasteiger partial charge on any atom is -0.743 e. The van der Waals surface area contributed by atoms with Gasteiger partial charge in [-0.2, -0.15) is 74.6 Å². The highest BCUT2D eigenvalue weighted by molar-refractivity contribution is 7.98. The summed E-state index contributed by atoms with van der Waals surface area (Å²) in [5.74, 6) is -50.4. The average Bonchev–Trinajstić information content (AvgIpc) is 3.31. The molecule has 1 fully saturated rings. The standard InChI is InChI=1S/C12H23OS.C8HF17O3S/c1-12(2,3)14(4)9-11(13)10-7-5-6-8-10;9-1(10,3(13,14)5(17,18)7(21,22)23)2(11,12)4(15,16)6(19,20)8(24,25)29(26,27)28/h10H,5-9H2,1-4H3;(H,26,27,28)/q+1;/p-1. The molecule has 4 nitrogen and oxygen atoms in total. The van der Waals surface area contributed by atoms with Crippen molar-refractivity contribution in [2.24, 2.45) is 5.92 Å². The monoisotopic (exact) mass is 714 g/mol. The first kappa shape index (κ1) is 41.7. The Morgan fingerprint density at radius 3 is 1.23 bits per heavy atom. The Kier molecular flexibility index (Phi) is 11.8. The fraction of sp³-hybridized carbons (Fsp3) is 0.950. The maximum Gasteiger partial charge on any atom is 0.460 e. The summed E-state index contributed by atoms with van der Waals surface area (Å²) < 4.78 is 244. The van der Waals surface area contributed by atoms with Crippen molar-refractivity contribution >= 4 is 26.8 Å². The molecule has 0 saturated heterocycles. The Morgan fingerprint density at radius 1 is 0.651 bits per heavy atom. The molecule has 0 N–H and O–H groups in total. The predicted octanol–water partition coefficient (Wildman–Crippen LogP) is 7.29. The lowest BCUT2D eigenvalue weighted by Gasteiger charge is -2.42. The number of hydrogen-bond acceptors (Lipinski definition) is 4. The number of carbonyl (C=O) groups is 1. The molecular weight excluding hydrogens is 691 g/mol. The van der Waals surface area contributed by atoms with E-state index in [4.69, 9.17) is 0 Å². The van der Waals surface area contributed by atoms with Crippen molar-refractivity contribution in [3.8, 4) is 0 Å². The molecule has 23 heteroatoms. The zero-order valence-electron chi connectivity index (χ0n) is 22.0. The largest absolute Gasteiger partial charge is 0.743 e. The van der Waals surface area contributed by atoms with Gasteiger partial charge in [0.15, 0.2) is 21.7 Å². The average molecular weight is 715 g/mol. The fourth-order valence-electron chi connectivity index (χ4n) is 3.10. The third-order valence-corrected chi connectivity index (χ3v) is 9.91. The van der Waals surface area contributed by atoms with E-state index in [2.05, 4.69) is 27.0 Å². The van der Waals surface area contributed by atoms with Crippen LogP contribution < -0.4 is 0 Å². The smallest absolute Gasteiger partial charge is 0.460 e. The molecule has 1 rings (SSSR count). The molecule has 1 aliphatic rings. The third kappa shape index (κ3) is 7.26. The molecular formula is C20H23F17O4S2. The van der Waals surface area contributed by atoms with Crippen LogP contribution in [0.3, 0.4) is 0 Å². The molecule has 1 unspecified atom stereocenters. The number of alkyl halides is 17. The van der Waals surface area contributed by atoms with E-state index < -0.39 is 57.1 Å². The van der Waals surface area contributed by atoms with Crippen molar-refractivity contribution in [1.82, 2.24) is 0 Å². The molecule has 1 saturated carbocycles. The van der Waals surface area contributed by atoms with Crippen molar-refractivity contribution in [3.63, 3.8) is 0 Å². The van der Waals surface area contributed by atoms with Crippen molar-refractivity contribution in [2.75, 3.05) is 12.0 Å². The summed E-state index contributed by atoms with van der Waals surface area (Å²) in [6, 6.07) is 0. The predicted molar refractivity (Wildman–Crippen MR) is 115 cm³/mol. The minimum absolute atomic E-state index is 0.237. The van der Waals surface area contributed by atoms with Gasteiger partial charge in [0.05, 0.1) is 6.26 Å². The number of rotatable bonds is 10. The summed E-state index contributed by atoms with van der Waals surface area (Å²) in [6.45, 7) is 6.70. The van der Waals surface area contributed by atoms with E-state index >= 15 is 0 Å². The first-order valence-electron chi connectivity index (χ1n) is 11.2. The van der Waals surface area contributed by atoms with Crippen LogP contribution in [0.5, 0.6) is 0 Å². The van der Waals surface area contributed by atoms with Gasteiger partial charge in [0, 0.05) is 5.92 Å². The first-order chi connectivity index (χ1) is 18.4. The molecule has 1 atom stereocenters. The van der Waals surface area contributed by atoms with E-state index in [-0.39, 0.29) is 10.9 Å². The highest BCUT2D eigenvalue weighted by Crippen LogP contribution is 2.64. The highest BCUT2D eigenvalue weighted by Gasteiger charge is 2.95. The van der Waals surface area contributed by atoms with E-state index in [1.807, 2.05) is 0 Å². The second-order valence-electron chi connectivity index (χ2n) is 10.3. The van der Waals surface area contributed by atoms with Crippen LogP contribution in [0.2, 0.25) is 0 Å². The molecule has 43 heavy (non-hydrogen) atoms. The second kappa shape index (κ2) is 12.2. The molecule has 0 aliphatic heterocycles. The summed E-state index contributed by atoms with van der Waals surface area (Å²) in [4.78, 5) is 11.9. The number of carbonyl (C=O) groups excluding carboxylic acids is 1. The normalized spacial score (nSPS) is 18.3. The van der Waals surface area contributed by atoms with Crippen molar-refractivity contribution < 1.29 is 92.4 Å². The minimum atomic E-state index is -8.92. The summed E-state index contributed by atoms with van der Waals surface area (Å²) in [6.07, 6.45) is -0.823. The van der Waals surface area contributed by atoms with Crippen LogP contribution in [0.25, 0.3) is 0 Å². The quantitative estimate of drug-likeness (QED) is 0.135. The maximum atomic E-state index is 13.0. The Morgan fingerprint density at radius 2 is 0.953 bits per heavy atom.